The molecule has 1 aromatic heterocycles. The van der Waals surface area contributed by atoms with E-state index < -0.39 is 15.9 Å². The number of sulfonamides is 1. The van der Waals surface area contributed by atoms with Gasteiger partial charge in [-0.15, -0.1) is 5.10 Å². The molecule has 34 heavy (non-hydrogen) atoms. The van der Waals surface area contributed by atoms with Crippen LogP contribution in [0, 0.1) is 24.7 Å². The lowest BCUT2D eigenvalue weighted by molar-refractivity contribution is 0.102. The number of benzene rings is 2. The van der Waals surface area contributed by atoms with E-state index in [9.17, 15) is 13.2 Å². The van der Waals surface area contributed by atoms with Crippen LogP contribution in [0.4, 0.5) is 5.69 Å². The highest BCUT2D eigenvalue weighted by molar-refractivity contribution is 7.89. The van der Waals surface area contributed by atoms with Gasteiger partial charge in [-0.3, -0.25) is 4.79 Å². The fourth-order valence-electron chi connectivity index (χ4n) is 5.48. The van der Waals surface area contributed by atoms with Gasteiger partial charge in [-0.05, 0) is 87.3 Å². The molecule has 2 aromatic carbocycles. The van der Waals surface area contributed by atoms with Crippen molar-refractivity contribution in [2.45, 2.75) is 50.5 Å². The van der Waals surface area contributed by atoms with Crippen molar-refractivity contribution in [2.24, 2.45) is 17.8 Å². The first-order chi connectivity index (χ1) is 16.3. The van der Waals surface area contributed by atoms with Gasteiger partial charge in [-0.2, -0.15) is 9.90 Å². The Morgan fingerprint density at radius 3 is 2.41 bits per heavy atom. The van der Waals surface area contributed by atoms with Crippen LogP contribution in [0.25, 0.3) is 5.69 Å². The number of carbonyl (C=O) groups is 1. The van der Waals surface area contributed by atoms with Crippen molar-refractivity contribution in [1.29, 1.82) is 0 Å². The summed E-state index contributed by atoms with van der Waals surface area (Å²) < 4.78 is 28.7. The monoisotopic (exact) mass is 479 g/mol. The second-order valence-corrected chi connectivity index (χ2v) is 11.2. The summed E-state index contributed by atoms with van der Waals surface area (Å²) in [6.45, 7) is 3.70. The predicted molar refractivity (Wildman–Crippen MR) is 129 cm³/mol. The molecule has 2 bridgehead atoms. The van der Waals surface area contributed by atoms with E-state index in [0.717, 1.165) is 18.0 Å². The molecule has 0 spiro atoms. The third-order valence-electron chi connectivity index (χ3n) is 7.18. The Bertz CT molecular complexity index is 1290. The molecule has 2 aliphatic rings. The van der Waals surface area contributed by atoms with Crippen LogP contribution in [0.3, 0.4) is 0 Å². The zero-order valence-corrected chi connectivity index (χ0v) is 20.1. The molecular formula is C25H29N5O3S. The molecule has 9 heteroatoms. The molecular weight excluding hydrogens is 450 g/mol. The molecule has 2 N–H and O–H groups in total. The summed E-state index contributed by atoms with van der Waals surface area (Å²) >= 11 is 0. The standard InChI is InChI=1S/C25H29N5O3S/c1-16(23-15-18-8-9-19(23)14-18)29-34(32,33)22-12-10-20(11-13-22)26-25(31)24-17(2)27-30(28-24)21-6-4-3-5-7-21/h3-7,10-13,16,18-19,23,29H,8-9,14-15H2,1-2H3,(H,26,31). The number of anilines is 1. The minimum atomic E-state index is -3.63. The molecule has 2 fully saturated rings. The SMILES string of the molecule is Cc1nn(-c2ccccc2)nc1C(=O)Nc1ccc(S(=O)(=O)NC(C)C2CC3CCC2C3)cc1. The van der Waals surface area contributed by atoms with Gasteiger partial charge in [0.25, 0.3) is 5.91 Å². The van der Waals surface area contributed by atoms with Crippen LogP contribution in [0.15, 0.2) is 59.5 Å². The van der Waals surface area contributed by atoms with Crippen LogP contribution in [0.1, 0.15) is 48.8 Å². The lowest BCUT2D eigenvalue weighted by atomic mass is 9.84. The number of para-hydroxylation sites is 1. The minimum absolute atomic E-state index is 0.0881. The van der Waals surface area contributed by atoms with Crippen molar-refractivity contribution >= 4 is 21.6 Å². The van der Waals surface area contributed by atoms with Crippen LogP contribution in [0.2, 0.25) is 0 Å². The number of hydrogen-bond donors (Lipinski definition) is 2. The number of aromatic nitrogens is 3. The van der Waals surface area contributed by atoms with E-state index in [4.69, 9.17) is 0 Å². The number of nitrogens with zero attached hydrogens (tertiary/aromatic N) is 3. The molecule has 0 aliphatic heterocycles. The highest BCUT2D eigenvalue weighted by atomic mass is 32.2. The largest absolute Gasteiger partial charge is 0.321 e. The number of rotatable bonds is 7. The first kappa shape index (κ1) is 22.7. The van der Waals surface area contributed by atoms with Crippen LogP contribution in [0.5, 0.6) is 0 Å². The highest BCUT2D eigenvalue weighted by Crippen LogP contribution is 2.49. The smallest absolute Gasteiger partial charge is 0.278 e. The lowest BCUT2D eigenvalue weighted by Gasteiger charge is -2.28. The molecule has 178 valence electrons. The van der Waals surface area contributed by atoms with Crippen molar-refractivity contribution in [1.82, 2.24) is 19.7 Å². The molecule has 1 heterocycles. The highest BCUT2D eigenvalue weighted by Gasteiger charge is 2.42. The quantitative estimate of drug-likeness (QED) is 0.534. The van der Waals surface area contributed by atoms with Crippen LogP contribution in [-0.2, 0) is 10.0 Å². The predicted octanol–water partition coefficient (Wildman–Crippen LogP) is 3.93. The number of aryl methyl sites for hydroxylation is 1. The van der Waals surface area contributed by atoms with Crippen molar-refractivity contribution in [2.75, 3.05) is 5.32 Å². The Hall–Kier alpha value is -3.04. The third-order valence-corrected chi connectivity index (χ3v) is 8.76. The van der Waals surface area contributed by atoms with E-state index in [1.807, 2.05) is 37.3 Å². The molecule has 0 radical (unpaired) electrons. The minimum Gasteiger partial charge on any atom is -0.321 e. The Kier molecular flexibility index (Phi) is 5.99. The Morgan fingerprint density at radius 1 is 1.03 bits per heavy atom. The maximum atomic E-state index is 12.9. The first-order valence-electron chi connectivity index (χ1n) is 11.7. The van der Waals surface area contributed by atoms with Gasteiger partial charge in [-0.25, -0.2) is 13.1 Å². The van der Waals surface area contributed by atoms with Gasteiger partial charge < -0.3 is 5.32 Å². The summed E-state index contributed by atoms with van der Waals surface area (Å²) in [7, 11) is -3.63. The zero-order chi connectivity index (χ0) is 23.9. The Labute approximate surface area is 199 Å². The topological polar surface area (TPSA) is 106 Å². The van der Waals surface area contributed by atoms with E-state index in [0.29, 0.717) is 23.2 Å². The van der Waals surface area contributed by atoms with Crippen LogP contribution < -0.4 is 10.0 Å². The molecule has 5 rings (SSSR count). The van der Waals surface area contributed by atoms with Crippen LogP contribution >= 0.6 is 0 Å². The van der Waals surface area contributed by atoms with E-state index in [1.165, 1.54) is 36.2 Å². The maximum absolute atomic E-state index is 12.9. The number of carbonyl (C=O) groups excluding carboxylic acids is 1. The molecule has 2 aliphatic carbocycles. The number of hydrogen-bond acceptors (Lipinski definition) is 5. The Balaban J connectivity index is 1.24. The van der Waals surface area contributed by atoms with Crippen LogP contribution in [-0.4, -0.2) is 35.4 Å². The van der Waals surface area contributed by atoms with Gasteiger partial charge in [0, 0.05) is 11.7 Å². The number of amides is 1. The second-order valence-electron chi connectivity index (χ2n) is 9.49. The summed E-state index contributed by atoms with van der Waals surface area (Å²) in [5.41, 5.74) is 1.95. The number of fused-ring (bicyclic) bond motifs is 2. The molecule has 1 amide bonds. The first-order valence-corrected chi connectivity index (χ1v) is 13.2. The molecule has 0 saturated heterocycles. The fraction of sp³-hybridized carbons (Fsp3) is 0.400. The van der Waals surface area contributed by atoms with Gasteiger partial charge in [0.2, 0.25) is 10.0 Å². The summed E-state index contributed by atoms with van der Waals surface area (Å²) in [5.74, 6) is 1.42. The average molecular weight is 480 g/mol. The van der Waals surface area contributed by atoms with E-state index in [2.05, 4.69) is 20.2 Å². The number of nitrogens with one attached hydrogen (secondary N) is 2. The third kappa shape index (κ3) is 4.50. The molecule has 8 nitrogen and oxygen atoms in total. The lowest BCUT2D eigenvalue weighted by Crippen LogP contribution is -2.40. The van der Waals surface area contributed by atoms with Gasteiger partial charge >= 0.3 is 0 Å². The van der Waals surface area contributed by atoms with E-state index >= 15 is 0 Å². The van der Waals surface area contributed by atoms with Crippen molar-refractivity contribution in [3.63, 3.8) is 0 Å². The summed E-state index contributed by atoms with van der Waals surface area (Å²) in [4.78, 5) is 14.4. The Morgan fingerprint density at radius 2 is 1.76 bits per heavy atom. The molecule has 3 aromatic rings. The van der Waals surface area contributed by atoms with Gasteiger partial charge in [0.15, 0.2) is 5.69 Å². The van der Waals surface area contributed by atoms with Gasteiger partial charge in [0.1, 0.15) is 0 Å². The maximum Gasteiger partial charge on any atom is 0.278 e. The van der Waals surface area contributed by atoms with Crippen molar-refractivity contribution in [3.05, 3.63) is 66.0 Å². The van der Waals surface area contributed by atoms with Crippen molar-refractivity contribution < 1.29 is 13.2 Å². The summed E-state index contributed by atoms with van der Waals surface area (Å²) in [6.07, 6.45) is 4.86. The summed E-state index contributed by atoms with van der Waals surface area (Å²) in [5, 5.41) is 11.4. The van der Waals surface area contributed by atoms with E-state index in [-0.39, 0.29) is 16.6 Å². The van der Waals surface area contributed by atoms with Crippen molar-refractivity contribution in [3.8, 4) is 5.69 Å². The van der Waals surface area contributed by atoms with Gasteiger partial charge in [-0.1, -0.05) is 24.6 Å². The van der Waals surface area contributed by atoms with E-state index in [1.54, 1.807) is 19.1 Å². The normalized spacial score (nSPS) is 22.6. The molecule has 4 atom stereocenters. The zero-order valence-electron chi connectivity index (χ0n) is 19.3. The molecule has 2 saturated carbocycles. The second kappa shape index (κ2) is 8.96. The fourth-order valence-corrected chi connectivity index (χ4v) is 6.77. The average Bonchev–Trinajstić information content (AvgIpc) is 3.55. The summed E-state index contributed by atoms with van der Waals surface area (Å²) in [6, 6.07) is 15.5. The molecule has 4 unspecified atom stereocenters. The van der Waals surface area contributed by atoms with Gasteiger partial charge in [0.05, 0.1) is 16.3 Å².